The van der Waals surface area contributed by atoms with Gasteiger partial charge in [0.1, 0.15) is 30.2 Å². The maximum absolute atomic E-state index is 12.7. The van der Waals surface area contributed by atoms with Gasteiger partial charge in [-0.15, -0.1) is 0 Å². The van der Waals surface area contributed by atoms with Crippen molar-refractivity contribution in [1.82, 2.24) is 16.0 Å². The molecule has 3 rings (SSSR count). The molecule has 1 aliphatic rings. The van der Waals surface area contributed by atoms with Gasteiger partial charge in [-0.2, -0.15) is 0 Å². The Morgan fingerprint density at radius 2 is 1.76 bits per heavy atom. The zero-order valence-electron chi connectivity index (χ0n) is 17.7. The second-order valence-electron chi connectivity index (χ2n) is 7.53. The average Bonchev–Trinajstić information content (AvgIpc) is 2.80. The number of aliphatic carboxylic acids is 1. The number of para-hydroxylation sites is 1. The molecule has 2 atom stereocenters. The van der Waals surface area contributed by atoms with Gasteiger partial charge >= 0.3 is 5.97 Å². The number of hydrogen-bond donors (Lipinski definition) is 5. The SMILES string of the molecule is O=C1CC[C@@H](C(=O)O)NC(=O)c2ccccc2OCCNC(=O)[C@H](Cc2ccc(O)cc2)N1. The molecule has 2 aromatic rings. The van der Waals surface area contributed by atoms with Gasteiger partial charge in [-0.1, -0.05) is 24.3 Å². The van der Waals surface area contributed by atoms with E-state index in [-0.39, 0.29) is 49.5 Å². The first-order valence-electron chi connectivity index (χ1n) is 10.4. The first-order valence-corrected chi connectivity index (χ1v) is 10.4. The first kappa shape index (κ1) is 23.6. The van der Waals surface area contributed by atoms with Crippen molar-refractivity contribution in [2.75, 3.05) is 13.2 Å². The average molecular weight is 455 g/mol. The topological polar surface area (TPSA) is 154 Å². The lowest BCUT2D eigenvalue weighted by atomic mass is 10.0. The number of fused-ring (bicyclic) bond motifs is 1. The molecule has 174 valence electrons. The molecule has 1 aliphatic heterocycles. The minimum absolute atomic E-state index is 0.0538. The van der Waals surface area contributed by atoms with Crippen LogP contribution in [0.25, 0.3) is 0 Å². The van der Waals surface area contributed by atoms with E-state index in [1.54, 1.807) is 30.3 Å². The van der Waals surface area contributed by atoms with Gasteiger partial charge in [0.05, 0.1) is 12.1 Å². The summed E-state index contributed by atoms with van der Waals surface area (Å²) in [7, 11) is 0. The lowest BCUT2D eigenvalue weighted by Crippen LogP contribution is -2.49. The summed E-state index contributed by atoms with van der Waals surface area (Å²) in [6, 6.07) is 10.4. The van der Waals surface area contributed by atoms with Crippen molar-refractivity contribution in [2.24, 2.45) is 0 Å². The van der Waals surface area contributed by atoms with Gasteiger partial charge in [-0.3, -0.25) is 14.4 Å². The fourth-order valence-corrected chi connectivity index (χ4v) is 3.35. The van der Waals surface area contributed by atoms with Crippen LogP contribution in [-0.4, -0.2) is 59.1 Å². The summed E-state index contributed by atoms with van der Waals surface area (Å²) in [5, 5.41) is 26.7. The lowest BCUT2D eigenvalue weighted by Gasteiger charge is -2.19. The van der Waals surface area contributed by atoms with Crippen LogP contribution < -0.4 is 20.7 Å². The van der Waals surface area contributed by atoms with E-state index in [1.165, 1.54) is 18.2 Å². The van der Waals surface area contributed by atoms with E-state index in [0.29, 0.717) is 5.56 Å². The third-order valence-electron chi connectivity index (χ3n) is 5.08. The molecule has 1 heterocycles. The Balaban J connectivity index is 1.81. The van der Waals surface area contributed by atoms with Crippen LogP contribution in [0.3, 0.4) is 0 Å². The van der Waals surface area contributed by atoms with E-state index in [0.717, 1.165) is 0 Å². The molecule has 0 radical (unpaired) electrons. The third-order valence-corrected chi connectivity index (χ3v) is 5.08. The zero-order chi connectivity index (χ0) is 23.8. The van der Waals surface area contributed by atoms with Crippen LogP contribution in [0.1, 0.15) is 28.8 Å². The van der Waals surface area contributed by atoms with Crippen LogP contribution >= 0.6 is 0 Å². The quantitative estimate of drug-likeness (QED) is 0.454. The number of phenols is 1. The molecule has 33 heavy (non-hydrogen) atoms. The number of rotatable bonds is 3. The number of phenolic OH excluding ortho intramolecular Hbond substituents is 1. The van der Waals surface area contributed by atoms with Crippen molar-refractivity contribution in [2.45, 2.75) is 31.3 Å². The third kappa shape index (κ3) is 6.70. The summed E-state index contributed by atoms with van der Waals surface area (Å²) in [5.74, 6) is -2.56. The minimum atomic E-state index is -1.30. The molecule has 3 amide bonds. The molecule has 10 nitrogen and oxygen atoms in total. The molecule has 10 heteroatoms. The molecule has 0 spiro atoms. The highest BCUT2D eigenvalue weighted by molar-refractivity contribution is 5.99. The number of carbonyl (C=O) groups excluding carboxylic acids is 3. The second kappa shape index (κ2) is 11.0. The van der Waals surface area contributed by atoms with Gasteiger partial charge in [0, 0.05) is 12.8 Å². The number of nitrogens with one attached hydrogen (secondary N) is 3. The van der Waals surface area contributed by atoms with E-state index in [9.17, 15) is 29.4 Å². The number of carbonyl (C=O) groups is 4. The van der Waals surface area contributed by atoms with Crippen molar-refractivity contribution >= 4 is 23.7 Å². The second-order valence-corrected chi connectivity index (χ2v) is 7.53. The predicted molar refractivity (Wildman–Crippen MR) is 117 cm³/mol. The molecule has 0 aromatic heterocycles. The van der Waals surface area contributed by atoms with Crippen LogP contribution in [0.2, 0.25) is 0 Å². The van der Waals surface area contributed by atoms with Gasteiger partial charge in [-0.05, 0) is 36.2 Å². The number of carboxylic acids is 1. The summed E-state index contributed by atoms with van der Waals surface area (Å²) in [6.07, 6.45) is -0.209. The summed E-state index contributed by atoms with van der Waals surface area (Å²) in [6.45, 7) is 0.173. The van der Waals surface area contributed by atoms with E-state index in [4.69, 9.17) is 4.74 Å². The van der Waals surface area contributed by atoms with Crippen LogP contribution in [0.5, 0.6) is 11.5 Å². The molecule has 0 unspecified atom stereocenters. The van der Waals surface area contributed by atoms with Crippen molar-refractivity contribution in [3.8, 4) is 11.5 Å². The van der Waals surface area contributed by atoms with Gasteiger partial charge in [-0.25, -0.2) is 4.79 Å². The van der Waals surface area contributed by atoms with Crippen molar-refractivity contribution < 1.29 is 34.1 Å². The largest absolute Gasteiger partial charge is 0.508 e. The van der Waals surface area contributed by atoms with Gasteiger partial charge in [0.2, 0.25) is 11.8 Å². The maximum Gasteiger partial charge on any atom is 0.326 e. The number of amides is 3. The lowest BCUT2D eigenvalue weighted by molar-refractivity contribution is -0.139. The predicted octanol–water partition coefficient (Wildman–Crippen LogP) is 0.592. The number of carboxylic acid groups (broad SMARTS) is 1. The highest BCUT2D eigenvalue weighted by atomic mass is 16.5. The Bertz CT molecular complexity index is 1020. The summed E-state index contributed by atoms with van der Waals surface area (Å²) < 4.78 is 5.63. The highest BCUT2D eigenvalue weighted by Gasteiger charge is 2.26. The van der Waals surface area contributed by atoms with E-state index < -0.39 is 35.8 Å². The fourth-order valence-electron chi connectivity index (χ4n) is 3.35. The van der Waals surface area contributed by atoms with Gasteiger partial charge in [0.15, 0.2) is 0 Å². The zero-order valence-corrected chi connectivity index (χ0v) is 17.7. The van der Waals surface area contributed by atoms with Crippen LogP contribution in [0, 0.1) is 0 Å². The Hall–Kier alpha value is -4.08. The number of hydrogen-bond acceptors (Lipinski definition) is 6. The molecule has 2 aromatic carbocycles. The highest BCUT2D eigenvalue weighted by Crippen LogP contribution is 2.18. The summed E-state index contributed by atoms with van der Waals surface area (Å²) in [4.78, 5) is 49.5. The molecule has 0 aliphatic carbocycles. The number of aromatic hydroxyl groups is 1. The van der Waals surface area contributed by atoms with Crippen LogP contribution in [-0.2, 0) is 20.8 Å². The first-order chi connectivity index (χ1) is 15.8. The monoisotopic (exact) mass is 455 g/mol. The van der Waals surface area contributed by atoms with Crippen molar-refractivity contribution in [1.29, 1.82) is 0 Å². The smallest absolute Gasteiger partial charge is 0.326 e. The van der Waals surface area contributed by atoms with Crippen molar-refractivity contribution in [3.63, 3.8) is 0 Å². The van der Waals surface area contributed by atoms with Gasteiger partial charge < -0.3 is 30.9 Å². The molecular formula is C23H25N3O7. The maximum atomic E-state index is 12.7. The minimum Gasteiger partial charge on any atom is -0.508 e. The molecule has 0 bridgehead atoms. The van der Waals surface area contributed by atoms with Crippen LogP contribution in [0.4, 0.5) is 0 Å². The molecule has 5 N–H and O–H groups in total. The Labute approximate surface area is 189 Å². The Morgan fingerprint density at radius 3 is 2.48 bits per heavy atom. The Kier molecular flexibility index (Phi) is 7.85. The van der Waals surface area contributed by atoms with E-state index >= 15 is 0 Å². The summed E-state index contributed by atoms with van der Waals surface area (Å²) >= 11 is 0. The molecular weight excluding hydrogens is 430 g/mol. The van der Waals surface area contributed by atoms with E-state index in [2.05, 4.69) is 16.0 Å². The van der Waals surface area contributed by atoms with E-state index in [1.807, 2.05) is 0 Å². The normalized spacial score (nSPS) is 20.1. The number of benzene rings is 2. The fraction of sp³-hybridized carbons (Fsp3) is 0.304. The van der Waals surface area contributed by atoms with Gasteiger partial charge in [0.25, 0.3) is 5.91 Å². The molecule has 0 saturated carbocycles. The summed E-state index contributed by atoms with van der Waals surface area (Å²) in [5.41, 5.74) is 0.867. The Morgan fingerprint density at radius 1 is 1.03 bits per heavy atom. The molecule has 0 fully saturated rings. The standard InChI is InChI=1S/C23H25N3O7/c27-15-7-5-14(6-8-15)13-18-22(30)24-11-12-33-19-4-2-1-3-16(19)21(29)26-17(23(31)32)9-10-20(28)25-18/h1-8,17-18,27H,9-13H2,(H,24,30)(H,25,28)(H,26,29)(H,31,32)/t17-,18-/m0/s1. The number of ether oxygens (including phenoxy) is 1. The molecule has 0 saturated heterocycles. The van der Waals surface area contributed by atoms with Crippen molar-refractivity contribution in [3.05, 3.63) is 59.7 Å². The van der Waals surface area contributed by atoms with Crippen LogP contribution in [0.15, 0.2) is 48.5 Å².